The van der Waals surface area contributed by atoms with Crippen LogP contribution in [-0.2, 0) is 30.4 Å². The van der Waals surface area contributed by atoms with Gasteiger partial charge in [-0.3, -0.25) is 13.7 Å². The van der Waals surface area contributed by atoms with Gasteiger partial charge in [-0.25, -0.2) is 0 Å². The van der Waals surface area contributed by atoms with Crippen molar-refractivity contribution in [2.24, 2.45) is 10.2 Å². The highest BCUT2D eigenvalue weighted by atomic mass is 32.2. The Morgan fingerprint density at radius 1 is 0.829 bits per heavy atom. The molecule has 0 bridgehead atoms. The predicted molar refractivity (Wildman–Crippen MR) is 122 cm³/mol. The Labute approximate surface area is 199 Å². The highest BCUT2D eigenvalue weighted by Crippen LogP contribution is 2.45. The third-order valence-corrected chi connectivity index (χ3v) is 7.27. The molecule has 17 heteroatoms. The number of phenolic OH excluding ortho intramolecular Hbond substituents is 1. The molecule has 3 aromatic rings. The number of methoxy groups -OCH3 is 1. The third kappa shape index (κ3) is 5.34. The molecule has 0 aliphatic rings. The summed E-state index contributed by atoms with van der Waals surface area (Å²) in [6.45, 7) is 0. The molecule has 0 amide bonds. The number of nitrogens with one attached hydrogen (secondary N) is 1. The molecule has 14 nitrogen and oxygen atoms in total. The van der Waals surface area contributed by atoms with Crippen LogP contribution in [0.2, 0.25) is 0 Å². The molecule has 0 unspecified atom stereocenters. The summed E-state index contributed by atoms with van der Waals surface area (Å²) < 4.78 is 104. The minimum absolute atomic E-state index is 0.0778. The molecule has 0 fully saturated rings. The molecule has 3 rings (SSSR count). The van der Waals surface area contributed by atoms with E-state index in [1.807, 2.05) is 0 Å². The second kappa shape index (κ2) is 9.02. The van der Waals surface area contributed by atoms with Crippen molar-refractivity contribution in [1.82, 2.24) is 0 Å². The molecule has 35 heavy (non-hydrogen) atoms. The molecule has 0 atom stereocenters. The fourth-order valence-corrected chi connectivity index (χ4v) is 4.93. The average molecular weight is 548 g/mol. The predicted octanol–water partition coefficient (Wildman–Crippen LogP) is 2.75. The van der Waals surface area contributed by atoms with E-state index < -0.39 is 62.2 Å². The lowest BCUT2D eigenvalue weighted by atomic mass is 10.1. The molecule has 3 aromatic carbocycles. The maximum absolute atomic E-state index is 12.0. The van der Waals surface area contributed by atoms with Crippen LogP contribution >= 0.6 is 0 Å². The first-order valence-corrected chi connectivity index (χ1v) is 13.4. The minimum Gasteiger partial charge on any atom is -0.505 e. The minimum atomic E-state index is -5.11. The molecule has 0 aliphatic carbocycles. The van der Waals surface area contributed by atoms with E-state index in [2.05, 4.69) is 15.5 Å². The first-order valence-electron chi connectivity index (χ1n) is 9.11. The Kier molecular flexibility index (Phi) is 6.77. The van der Waals surface area contributed by atoms with Crippen molar-refractivity contribution in [2.75, 3.05) is 19.5 Å². The van der Waals surface area contributed by atoms with E-state index in [1.54, 1.807) is 0 Å². The van der Waals surface area contributed by atoms with Gasteiger partial charge in [0.1, 0.15) is 26.9 Å². The van der Waals surface area contributed by atoms with E-state index in [0.29, 0.717) is 0 Å². The number of azo groups is 1. The molecule has 0 saturated carbocycles. The summed E-state index contributed by atoms with van der Waals surface area (Å²) in [5, 5.41) is 20.2. The van der Waals surface area contributed by atoms with E-state index in [0.717, 1.165) is 30.3 Å². The zero-order valence-electron chi connectivity index (χ0n) is 17.7. The van der Waals surface area contributed by atoms with Gasteiger partial charge in [0.15, 0.2) is 5.75 Å². The normalized spacial score (nSPS) is 12.8. The first kappa shape index (κ1) is 26.3. The summed E-state index contributed by atoms with van der Waals surface area (Å²) in [7, 11) is -12.1. The van der Waals surface area contributed by atoms with Crippen molar-refractivity contribution >= 4 is 58.2 Å². The number of hydrogen-bond acceptors (Lipinski definition) is 11. The molecule has 0 saturated heterocycles. The molecule has 0 radical (unpaired) electrons. The number of rotatable bonds is 7. The van der Waals surface area contributed by atoms with Crippen LogP contribution in [0.5, 0.6) is 11.5 Å². The van der Waals surface area contributed by atoms with Gasteiger partial charge in [-0.05, 0) is 35.7 Å². The van der Waals surface area contributed by atoms with Gasteiger partial charge in [0.25, 0.3) is 30.4 Å². The standard InChI is InChI=1S/C18H17N3O11S3/c1-19-13-8-11(33(23,24)25)5-9-6-15(35(29,30)31)17(18(22)16(9)13)21-20-12-7-10(32-2)3-4-14(12)34(26,27)28/h3-8,19,22H,1-2H3,(H,23,24,25)(H,26,27,28)(H,29,30,31). The molecule has 188 valence electrons. The van der Waals surface area contributed by atoms with Crippen LogP contribution in [0.3, 0.4) is 0 Å². The van der Waals surface area contributed by atoms with Crippen molar-refractivity contribution in [3.05, 3.63) is 36.4 Å². The monoisotopic (exact) mass is 547 g/mol. The first-order chi connectivity index (χ1) is 16.1. The molecule has 0 aromatic heterocycles. The fraction of sp³-hybridized carbons (Fsp3) is 0.111. The summed E-state index contributed by atoms with van der Waals surface area (Å²) in [4.78, 5) is -2.37. The Hall–Kier alpha value is -3.35. The SMILES string of the molecule is CNc1cc(S(=O)(=O)O)cc2cc(S(=O)(=O)O)c(N=Nc3cc(OC)ccc3S(=O)(=O)O)c(O)c12. The van der Waals surface area contributed by atoms with E-state index in [-0.39, 0.29) is 22.2 Å². The number of phenols is 1. The van der Waals surface area contributed by atoms with E-state index in [1.165, 1.54) is 20.2 Å². The lowest BCUT2D eigenvalue weighted by Crippen LogP contribution is -2.03. The summed E-state index contributed by atoms with van der Waals surface area (Å²) >= 11 is 0. The van der Waals surface area contributed by atoms with Crippen LogP contribution in [0.25, 0.3) is 10.8 Å². The van der Waals surface area contributed by atoms with Crippen LogP contribution < -0.4 is 10.1 Å². The van der Waals surface area contributed by atoms with Gasteiger partial charge in [-0.1, -0.05) is 0 Å². The van der Waals surface area contributed by atoms with Gasteiger partial charge in [-0.2, -0.15) is 25.3 Å². The van der Waals surface area contributed by atoms with Crippen molar-refractivity contribution in [2.45, 2.75) is 14.7 Å². The lowest BCUT2D eigenvalue weighted by molar-refractivity contribution is 0.414. The number of aromatic hydroxyl groups is 1. The molecule has 5 N–H and O–H groups in total. The van der Waals surface area contributed by atoms with Crippen molar-refractivity contribution in [1.29, 1.82) is 0 Å². The number of benzene rings is 3. The lowest BCUT2D eigenvalue weighted by Gasteiger charge is -2.14. The number of fused-ring (bicyclic) bond motifs is 1. The Balaban J connectivity index is 2.40. The molecule has 0 spiro atoms. The van der Waals surface area contributed by atoms with Crippen LogP contribution in [0, 0.1) is 0 Å². The average Bonchev–Trinajstić information content (AvgIpc) is 2.75. The maximum Gasteiger partial charge on any atom is 0.296 e. The molecule has 0 heterocycles. The summed E-state index contributed by atoms with van der Waals surface area (Å²) in [5.74, 6) is -0.791. The summed E-state index contributed by atoms with van der Waals surface area (Å²) in [6, 6.07) is 5.76. The summed E-state index contributed by atoms with van der Waals surface area (Å²) in [5.41, 5.74) is -1.41. The van der Waals surface area contributed by atoms with Gasteiger partial charge in [0.2, 0.25) is 0 Å². The van der Waals surface area contributed by atoms with Crippen molar-refractivity contribution in [3.8, 4) is 11.5 Å². The van der Waals surface area contributed by atoms with E-state index in [4.69, 9.17) is 4.74 Å². The largest absolute Gasteiger partial charge is 0.505 e. The van der Waals surface area contributed by atoms with E-state index in [9.17, 15) is 44.0 Å². The third-order valence-electron chi connectivity index (χ3n) is 4.67. The molecular weight excluding hydrogens is 530 g/mol. The van der Waals surface area contributed by atoms with Crippen LogP contribution in [0.1, 0.15) is 0 Å². The second-order valence-electron chi connectivity index (χ2n) is 6.85. The molecule has 0 aliphatic heterocycles. The fourth-order valence-electron chi connectivity index (χ4n) is 3.12. The Morgan fingerprint density at radius 3 is 1.97 bits per heavy atom. The van der Waals surface area contributed by atoms with Gasteiger partial charge in [-0.15, -0.1) is 10.2 Å². The zero-order chi connectivity index (χ0) is 26.3. The molecular formula is C18H17N3O11S3. The summed E-state index contributed by atoms with van der Waals surface area (Å²) in [6.07, 6.45) is 0. The Morgan fingerprint density at radius 2 is 1.46 bits per heavy atom. The van der Waals surface area contributed by atoms with Crippen LogP contribution in [-0.4, -0.2) is 58.2 Å². The smallest absolute Gasteiger partial charge is 0.296 e. The van der Waals surface area contributed by atoms with E-state index >= 15 is 0 Å². The topological polar surface area (TPSA) is 229 Å². The van der Waals surface area contributed by atoms with Gasteiger partial charge in [0.05, 0.1) is 12.0 Å². The number of anilines is 1. The Bertz CT molecular complexity index is 1700. The number of ether oxygens (including phenoxy) is 1. The van der Waals surface area contributed by atoms with Crippen LogP contribution in [0.4, 0.5) is 17.1 Å². The van der Waals surface area contributed by atoms with Crippen LogP contribution in [0.15, 0.2) is 61.3 Å². The van der Waals surface area contributed by atoms with Gasteiger partial charge < -0.3 is 15.2 Å². The quantitative estimate of drug-likeness (QED) is 0.212. The number of hydrogen-bond donors (Lipinski definition) is 5. The van der Waals surface area contributed by atoms with Crippen molar-refractivity contribution < 1.29 is 48.8 Å². The van der Waals surface area contributed by atoms with Crippen molar-refractivity contribution in [3.63, 3.8) is 0 Å². The number of nitrogens with zero attached hydrogens (tertiary/aromatic N) is 2. The second-order valence-corrected chi connectivity index (χ2v) is 11.1. The maximum atomic E-state index is 12.0. The van der Waals surface area contributed by atoms with Gasteiger partial charge in [0, 0.05) is 24.2 Å². The highest BCUT2D eigenvalue weighted by molar-refractivity contribution is 7.86. The highest BCUT2D eigenvalue weighted by Gasteiger charge is 2.25. The van der Waals surface area contributed by atoms with Gasteiger partial charge >= 0.3 is 0 Å². The zero-order valence-corrected chi connectivity index (χ0v) is 20.2.